The van der Waals surface area contributed by atoms with E-state index in [9.17, 15) is 29.4 Å². The summed E-state index contributed by atoms with van der Waals surface area (Å²) in [6.45, 7) is 3.27. The summed E-state index contributed by atoms with van der Waals surface area (Å²) >= 11 is 0. The summed E-state index contributed by atoms with van der Waals surface area (Å²) in [6, 6.07) is -4.62. The number of carbonyl (C=O) groups is 4. The predicted molar refractivity (Wildman–Crippen MR) is 110 cm³/mol. The van der Waals surface area contributed by atoms with Crippen LogP contribution in [0.15, 0.2) is 0 Å². The van der Waals surface area contributed by atoms with Crippen LogP contribution < -0.4 is 22.1 Å². The van der Waals surface area contributed by atoms with Crippen LogP contribution in [0.3, 0.4) is 0 Å². The molecule has 0 aromatic rings. The van der Waals surface area contributed by atoms with Gasteiger partial charge < -0.3 is 42.3 Å². The normalized spacial score (nSPS) is 21.0. The molecule has 0 radical (unpaired) electrons. The van der Waals surface area contributed by atoms with Crippen LogP contribution >= 0.6 is 0 Å². The van der Waals surface area contributed by atoms with Gasteiger partial charge in [0.15, 0.2) is 6.04 Å². The van der Waals surface area contributed by atoms with Crippen molar-refractivity contribution >= 4 is 23.7 Å². The van der Waals surface area contributed by atoms with E-state index in [0.29, 0.717) is 32.2 Å². The maximum Gasteiger partial charge on any atom is 0.328 e. The SMILES string of the molecule is CC(O)C(N)C(=O)NC(CCCCN)C(=O)N1CCCC1C(=O)NC(C(=O)O)C(C)O. The van der Waals surface area contributed by atoms with Gasteiger partial charge in [0.05, 0.1) is 12.2 Å². The summed E-state index contributed by atoms with van der Waals surface area (Å²) in [7, 11) is 0. The lowest BCUT2D eigenvalue weighted by molar-refractivity contribution is -0.147. The van der Waals surface area contributed by atoms with Crippen molar-refractivity contribution in [1.82, 2.24) is 15.5 Å². The maximum absolute atomic E-state index is 13.2. The van der Waals surface area contributed by atoms with Crippen LogP contribution in [-0.2, 0) is 19.2 Å². The Labute approximate surface area is 181 Å². The molecule has 9 N–H and O–H groups in total. The van der Waals surface area contributed by atoms with E-state index in [4.69, 9.17) is 16.6 Å². The number of hydrogen-bond acceptors (Lipinski definition) is 8. The van der Waals surface area contributed by atoms with E-state index in [2.05, 4.69) is 10.6 Å². The second kappa shape index (κ2) is 12.5. The number of unbranched alkanes of at least 4 members (excludes halogenated alkanes) is 1. The van der Waals surface area contributed by atoms with Gasteiger partial charge in [-0.2, -0.15) is 0 Å². The Hall–Kier alpha value is -2.28. The molecule has 1 rings (SSSR count). The highest BCUT2D eigenvalue weighted by molar-refractivity contribution is 5.94. The molecule has 1 fully saturated rings. The number of nitrogens with one attached hydrogen (secondary N) is 2. The van der Waals surface area contributed by atoms with Crippen LogP contribution in [0.25, 0.3) is 0 Å². The lowest BCUT2D eigenvalue weighted by Gasteiger charge is -2.30. The van der Waals surface area contributed by atoms with Crippen molar-refractivity contribution < 1.29 is 34.5 Å². The average Bonchev–Trinajstić information content (AvgIpc) is 3.19. The van der Waals surface area contributed by atoms with Gasteiger partial charge in [-0.1, -0.05) is 0 Å². The van der Waals surface area contributed by atoms with Crippen LogP contribution in [0.4, 0.5) is 0 Å². The summed E-state index contributed by atoms with van der Waals surface area (Å²) in [5.41, 5.74) is 11.2. The zero-order valence-corrected chi connectivity index (χ0v) is 18.0. The molecule has 3 amide bonds. The summed E-state index contributed by atoms with van der Waals surface area (Å²) in [5.74, 6) is -3.27. The quantitative estimate of drug-likeness (QED) is 0.155. The number of nitrogens with zero attached hydrogens (tertiary/aromatic N) is 1. The van der Waals surface area contributed by atoms with Gasteiger partial charge in [-0.3, -0.25) is 14.4 Å². The lowest BCUT2D eigenvalue weighted by Crippen LogP contribution is -2.58. The second-order valence-electron chi connectivity index (χ2n) is 7.87. The van der Waals surface area contributed by atoms with Crippen molar-refractivity contribution in [2.45, 2.75) is 82.3 Å². The minimum atomic E-state index is -1.51. The fourth-order valence-electron chi connectivity index (χ4n) is 3.38. The molecule has 0 aliphatic carbocycles. The minimum absolute atomic E-state index is 0.259. The van der Waals surface area contributed by atoms with Gasteiger partial charge in [0.25, 0.3) is 0 Å². The molecule has 0 bridgehead atoms. The second-order valence-corrected chi connectivity index (χ2v) is 7.87. The molecule has 1 aliphatic rings. The molecule has 12 heteroatoms. The highest BCUT2D eigenvalue weighted by Gasteiger charge is 2.39. The summed E-state index contributed by atoms with van der Waals surface area (Å²) < 4.78 is 0. The molecule has 0 spiro atoms. The molecular formula is C19H35N5O7. The van der Waals surface area contributed by atoms with E-state index in [1.165, 1.54) is 18.7 Å². The highest BCUT2D eigenvalue weighted by Crippen LogP contribution is 2.20. The average molecular weight is 446 g/mol. The van der Waals surface area contributed by atoms with Crippen molar-refractivity contribution in [3.8, 4) is 0 Å². The van der Waals surface area contributed by atoms with Gasteiger partial charge in [0.2, 0.25) is 17.7 Å². The molecule has 178 valence electrons. The number of carbonyl (C=O) groups excluding carboxylic acids is 3. The molecule has 1 aliphatic heterocycles. The fraction of sp³-hybridized carbons (Fsp3) is 0.789. The first-order chi connectivity index (χ1) is 14.5. The van der Waals surface area contributed by atoms with E-state index < -0.39 is 60.1 Å². The Morgan fingerprint density at radius 1 is 1.10 bits per heavy atom. The maximum atomic E-state index is 13.2. The van der Waals surface area contributed by atoms with Gasteiger partial charge in [0, 0.05) is 6.54 Å². The third kappa shape index (κ3) is 7.73. The predicted octanol–water partition coefficient (Wildman–Crippen LogP) is -2.75. The Balaban J connectivity index is 2.95. The zero-order chi connectivity index (χ0) is 23.7. The Kier molecular flexibility index (Phi) is 10.8. The van der Waals surface area contributed by atoms with E-state index in [1.54, 1.807) is 0 Å². The number of aliphatic hydroxyl groups is 2. The fourth-order valence-corrected chi connectivity index (χ4v) is 3.38. The third-order valence-electron chi connectivity index (χ3n) is 5.27. The number of nitrogens with two attached hydrogens (primary N) is 2. The Morgan fingerprint density at radius 3 is 2.26 bits per heavy atom. The first-order valence-electron chi connectivity index (χ1n) is 10.5. The van der Waals surface area contributed by atoms with Gasteiger partial charge in [-0.25, -0.2) is 4.79 Å². The molecule has 31 heavy (non-hydrogen) atoms. The topological polar surface area (TPSA) is 208 Å². The first kappa shape index (κ1) is 26.8. The number of carboxylic acid groups (broad SMARTS) is 1. The van der Waals surface area contributed by atoms with E-state index >= 15 is 0 Å². The Morgan fingerprint density at radius 2 is 1.74 bits per heavy atom. The molecule has 0 saturated carbocycles. The molecule has 1 saturated heterocycles. The van der Waals surface area contributed by atoms with E-state index in [1.807, 2.05) is 0 Å². The number of aliphatic hydroxyl groups excluding tert-OH is 2. The highest BCUT2D eigenvalue weighted by atomic mass is 16.4. The largest absolute Gasteiger partial charge is 0.480 e. The number of carboxylic acids is 1. The lowest BCUT2D eigenvalue weighted by atomic mass is 10.1. The van der Waals surface area contributed by atoms with Crippen LogP contribution in [0.2, 0.25) is 0 Å². The molecule has 12 nitrogen and oxygen atoms in total. The van der Waals surface area contributed by atoms with Crippen LogP contribution in [0, 0.1) is 0 Å². The van der Waals surface area contributed by atoms with Crippen LogP contribution in [0.1, 0.15) is 46.0 Å². The van der Waals surface area contributed by atoms with Gasteiger partial charge in [-0.15, -0.1) is 0 Å². The monoisotopic (exact) mass is 445 g/mol. The Bertz CT molecular complexity index is 643. The van der Waals surface area contributed by atoms with E-state index in [0.717, 1.165) is 0 Å². The number of hydrogen-bond donors (Lipinski definition) is 7. The van der Waals surface area contributed by atoms with Crippen molar-refractivity contribution in [1.29, 1.82) is 0 Å². The molecule has 6 unspecified atom stereocenters. The van der Waals surface area contributed by atoms with Gasteiger partial charge in [-0.05, 0) is 52.5 Å². The third-order valence-corrected chi connectivity index (χ3v) is 5.27. The number of likely N-dealkylation sites (tertiary alicyclic amines) is 1. The molecular weight excluding hydrogens is 410 g/mol. The number of aliphatic carboxylic acids is 1. The molecule has 6 atom stereocenters. The minimum Gasteiger partial charge on any atom is -0.480 e. The standard InChI is InChI=1S/C19H35N5O7/c1-10(25)14(21)17(28)22-12(6-3-4-8-20)18(29)24-9-5-7-13(24)16(27)23-15(11(2)26)19(30)31/h10-15,25-26H,3-9,20-21H2,1-2H3,(H,22,28)(H,23,27)(H,30,31). The first-order valence-corrected chi connectivity index (χ1v) is 10.5. The van der Waals surface area contributed by atoms with Crippen LogP contribution in [-0.4, -0.2) is 93.4 Å². The van der Waals surface area contributed by atoms with Crippen LogP contribution in [0.5, 0.6) is 0 Å². The zero-order valence-electron chi connectivity index (χ0n) is 18.0. The number of rotatable bonds is 12. The molecule has 0 aromatic carbocycles. The number of amides is 3. The van der Waals surface area contributed by atoms with Gasteiger partial charge >= 0.3 is 5.97 Å². The van der Waals surface area contributed by atoms with Crippen molar-refractivity contribution in [3.05, 3.63) is 0 Å². The smallest absolute Gasteiger partial charge is 0.328 e. The molecule has 1 heterocycles. The summed E-state index contributed by atoms with van der Waals surface area (Å²) in [4.78, 5) is 50.7. The molecule has 0 aromatic heterocycles. The van der Waals surface area contributed by atoms with Crippen molar-refractivity contribution in [3.63, 3.8) is 0 Å². The summed E-state index contributed by atoms with van der Waals surface area (Å²) in [5, 5.41) is 33.1. The van der Waals surface area contributed by atoms with E-state index in [-0.39, 0.29) is 13.0 Å². The van der Waals surface area contributed by atoms with Crippen molar-refractivity contribution in [2.75, 3.05) is 13.1 Å². The summed E-state index contributed by atoms with van der Waals surface area (Å²) in [6.07, 6.45) is -0.153. The van der Waals surface area contributed by atoms with Gasteiger partial charge in [0.1, 0.15) is 18.1 Å². The van der Waals surface area contributed by atoms with Crippen molar-refractivity contribution in [2.24, 2.45) is 11.5 Å².